The van der Waals surface area contributed by atoms with Gasteiger partial charge in [0.2, 0.25) is 5.91 Å². The van der Waals surface area contributed by atoms with Crippen LogP contribution >= 0.6 is 0 Å². The molecule has 5 heterocycles. The summed E-state index contributed by atoms with van der Waals surface area (Å²) in [7, 11) is 0. The third-order valence-corrected chi connectivity index (χ3v) is 9.95. The van der Waals surface area contributed by atoms with Gasteiger partial charge in [-0.05, 0) is 74.9 Å². The van der Waals surface area contributed by atoms with Crippen LogP contribution in [0.1, 0.15) is 44.1 Å². The van der Waals surface area contributed by atoms with Crippen LogP contribution in [0, 0.1) is 18.2 Å². The number of carbonyl (C=O) groups excluding carboxylic acids is 1. The normalized spacial score (nSPS) is 20.3. The molecule has 48 heavy (non-hydrogen) atoms. The fourth-order valence-corrected chi connectivity index (χ4v) is 7.59. The number of halogens is 3. The van der Waals surface area contributed by atoms with Gasteiger partial charge in [-0.15, -0.1) is 6.42 Å². The van der Waals surface area contributed by atoms with Gasteiger partial charge in [0.1, 0.15) is 35.4 Å². The molecule has 2 N–H and O–H groups in total. The Morgan fingerprint density at radius 1 is 1.17 bits per heavy atom. The lowest BCUT2D eigenvalue weighted by molar-refractivity contribution is -0.121. The molecule has 9 nitrogen and oxygen atoms in total. The fourth-order valence-electron chi connectivity index (χ4n) is 7.59. The minimum atomic E-state index is -3.20. The maximum absolute atomic E-state index is 16.9. The molecule has 2 aromatic carbocycles. The van der Waals surface area contributed by atoms with Crippen LogP contribution in [0.25, 0.3) is 32.9 Å². The first-order valence-electron chi connectivity index (χ1n) is 16.1. The Morgan fingerprint density at radius 2 is 1.94 bits per heavy atom. The highest BCUT2D eigenvalue weighted by Gasteiger charge is 2.46. The van der Waals surface area contributed by atoms with Gasteiger partial charge < -0.3 is 20.1 Å². The number of nitrogens with zero attached hydrogens (tertiary/aromatic N) is 5. The Morgan fingerprint density at radius 3 is 2.69 bits per heavy atom. The molecule has 0 radical (unpaired) electrons. The Hall–Kier alpha value is -4.89. The number of hydrogen-bond donors (Lipinski definition) is 2. The van der Waals surface area contributed by atoms with Crippen molar-refractivity contribution in [2.24, 2.45) is 0 Å². The minimum absolute atomic E-state index is 0.0885. The van der Waals surface area contributed by atoms with Crippen LogP contribution in [-0.2, 0) is 4.79 Å². The zero-order valence-electron chi connectivity index (χ0n) is 26.3. The number of phenols is 1. The highest BCUT2D eigenvalue weighted by Crippen LogP contribution is 2.41. The van der Waals surface area contributed by atoms with E-state index in [1.54, 1.807) is 23.1 Å². The first-order chi connectivity index (χ1) is 23.1. The number of terminal acetylenes is 1. The lowest BCUT2D eigenvalue weighted by atomic mass is 9.95. The molecular weight excluding hydrogens is 621 g/mol. The van der Waals surface area contributed by atoms with Crippen LogP contribution < -0.4 is 15.0 Å². The molecule has 7 rings (SSSR count). The van der Waals surface area contributed by atoms with E-state index in [-0.39, 0.29) is 64.8 Å². The zero-order chi connectivity index (χ0) is 33.6. The molecule has 0 unspecified atom stereocenters. The number of alkyl halides is 2. The molecule has 12 heteroatoms. The number of amides is 1. The molecule has 3 aliphatic rings. The Balaban J connectivity index is 1.37. The largest absolute Gasteiger partial charge is 0.508 e. The molecule has 3 fully saturated rings. The first-order valence-corrected chi connectivity index (χ1v) is 16.1. The second-order valence-electron chi connectivity index (χ2n) is 12.8. The Labute approximate surface area is 275 Å². The molecule has 1 atom stereocenters. The molecule has 0 aliphatic carbocycles. The van der Waals surface area contributed by atoms with E-state index in [0.717, 1.165) is 44.8 Å². The fraction of sp³-hybridized carbons (Fsp3) is 0.389. The predicted octanol–water partition coefficient (Wildman–Crippen LogP) is 5.58. The van der Waals surface area contributed by atoms with Crippen LogP contribution in [-0.4, -0.2) is 81.2 Å². The van der Waals surface area contributed by atoms with Crippen molar-refractivity contribution in [3.05, 3.63) is 60.6 Å². The van der Waals surface area contributed by atoms with Gasteiger partial charge >= 0.3 is 6.01 Å². The summed E-state index contributed by atoms with van der Waals surface area (Å²) < 4.78 is 53.6. The summed E-state index contributed by atoms with van der Waals surface area (Å²) in [5, 5.41) is 14.3. The van der Waals surface area contributed by atoms with Gasteiger partial charge in [-0.3, -0.25) is 14.7 Å². The van der Waals surface area contributed by atoms with Gasteiger partial charge in [-0.2, -0.15) is 9.97 Å². The number of carbonyl (C=O) groups is 1. The third-order valence-electron chi connectivity index (χ3n) is 9.95. The van der Waals surface area contributed by atoms with Crippen LogP contribution in [0.3, 0.4) is 0 Å². The molecule has 0 spiro atoms. The number of anilines is 1. The molecule has 3 aliphatic heterocycles. The lowest BCUT2D eigenvalue weighted by Gasteiger charge is -2.32. The van der Waals surface area contributed by atoms with Crippen molar-refractivity contribution < 1.29 is 27.8 Å². The summed E-state index contributed by atoms with van der Waals surface area (Å²) in [6, 6.07) is 6.53. The van der Waals surface area contributed by atoms with E-state index < -0.39 is 30.1 Å². The number of hydrogen-bond acceptors (Lipinski definition) is 8. The van der Waals surface area contributed by atoms with Crippen molar-refractivity contribution in [1.29, 1.82) is 0 Å². The summed E-state index contributed by atoms with van der Waals surface area (Å²) in [5.41, 5.74) is 0.387. The van der Waals surface area contributed by atoms with Crippen molar-refractivity contribution in [2.45, 2.75) is 56.0 Å². The van der Waals surface area contributed by atoms with Gasteiger partial charge in [0, 0.05) is 42.2 Å². The Bertz CT molecular complexity index is 1970. The monoisotopic (exact) mass is 656 g/mol. The van der Waals surface area contributed by atoms with Gasteiger partial charge in [-0.1, -0.05) is 24.6 Å². The number of pyridine rings is 1. The number of nitrogens with one attached hydrogen (secondary N) is 1. The maximum atomic E-state index is 16.9. The lowest BCUT2D eigenvalue weighted by Crippen LogP contribution is -2.52. The second-order valence-corrected chi connectivity index (χ2v) is 12.8. The van der Waals surface area contributed by atoms with Gasteiger partial charge in [0.15, 0.2) is 5.82 Å². The van der Waals surface area contributed by atoms with Gasteiger partial charge in [-0.25, -0.2) is 13.2 Å². The Kier molecular flexibility index (Phi) is 8.11. The van der Waals surface area contributed by atoms with E-state index >= 15 is 13.2 Å². The molecule has 1 amide bonds. The van der Waals surface area contributed by atoms with Crippen LogP contribution in [0.5, 0.6) is 11.8 Å². The number of ether oxygens (including phenoxy) is 1. The minimum Gasteiger partial charge on any atom is -0.508 e. The number of rotatable bonds is 7. The summed E-state index contributed by atoms with van der Waals surface area (Å²) in [6.45, 7) is 5.51. The molecular formula is C36H35F3N6O3. The first kappa shape index (κ1) is 31.7. The highest BCUT2D eigenvalue weighted by molar-refractivity contribution is 6.02. The number of aromatic hydroxyl groups is 1. The van der Waals surface area contributed by atoms with Crippen LogP contribution in [0.15, 0.2) is 49.2 Å². The quantitative estimate of drug-likeness (QED) is 0.196. The van der Waals surface area contributed by atoms with E-state index in [2.05, 4.69) is 37.7 Å². The van der Waals surface area contributed by atoms with E-state index in [1.165, 1.54) is 18.3 Å². The highest BCUT2D eigenvalue weighted by atomic mass is 19.3. The van der Waals surface area contributed by atoms with Gasteiger partial charge in [0.25, 0.3) is 5.92 Å². The van der Waals surface area contributed by atoms with E-state index in [0.29, 0.717) is 22.9 Å². The van der Waals surface area contributed by atoms with Crippen molar-refractivity contribution in [1.82, 2.24) is 25.2 Å². The van der Waals surface area contributed by atoms with Crippen molar-refractivity contribution in [2.75, 3.05) is 37.7 Å². The van der Waals surface area contributed by atoms with Crippen LogP contribution in [0.2, 0.25) is 0 Å². The van der Waals surface area contributed by atoms with Gasteiger partial charge in [0.05, 0.1) is 10.9 Å². The summed E-state index contributed by atoms with van der Waals surface area (Å²) >= 11 is 0. The summed E-state index contributed by atoms with van der Waals surface area (Å²) in [5.74, 6) is -2.04. The number of phenolic OH excluding ortho intramolecular Hbond substituents is 1. The van der Waals surface area contributed by atoms with Crippen LogP contribution in [0.4, 0.5) is 19.0 Å². The van der Waals surface area contributed by atoms with E-state index in [9.17, 15) is 9.90 Å². The van der Waals surface area contributed by atoms with E-state index in [4.69, 9.17) is 11.2 Å². The number of benzene rings is 2. The average molecular weight is 657 g/mol. The molecule has 4 aromatic rings. The SMILES string of the molecule is C#Cc1cccc2cc(O)cc(-c3ncc4c(N5CCCC(F)(F)[C@H](NC(=O)C=C)C5)nc(OCC56CCCN5CCC6)nc4c3F)c12. The predicted molar refractivity (Wildman–Crippen MR) is 177 cm³/mol. The number of aromatic nitrogens is 3. The zero-order valence-corrected chi connectivity index (χ0v) is 26.3. The number of fused-ring (bicyclic) bond motifs is 3. The molecule has 248 valence electrons. The van der Waals surface area contributed by atoms with E-state index in [1.807, 2.05) is 0 Å². The summed E-state index contributed by atoms with van der Waals surface area (Å²) in [6.07, 6.45) is 11.8. The smallest absolute Gasteiger partial charge is 0.319 e. The molecule has 0 saturated carbocycles. The topological polar surface area (TPSA) is 104 Å². The van der Waals surface area contributed by atoms with Crippen molar-refractivity contribution >= 4 is 33.4 Å². The molecule has 2 aromatic heterocycles. The standard InChI is InChI=1S/C36H35F3N6O3/c1-3-22-9-5-10-23-17-24(46)18-25(29(22)23)31-30(37)32-26(19-40-31)33(44-14-8-13-36(38,39)27(20-44)41-28(47)4-2)43-34(42-32)48-21-35-11-6-15-45(35)16-7-12-35/h1,4-5,9-10,17-19,27,46H,2,6-8,11-16,20-21H2,(H,41,47)/t27-/m1/s1. The maximum Gasteiger partial charge on any atom is 0.319 e. The van der Waals surface area contributed by atoms with Crippen molar-refractivity contribution in [3.8, 4) is 35.4 Å². The average Bonchev–Trinajstić information content (AvgIpc) is 3.62. The van der Waals surface area contributed by atoms with Crippen molar-refractivity contribution in [3.63, 3.8) is 0 Å². The summed E-state index contributed by atoms with van der Waals surface area (Å²) in [4.78, 5) is 29.9. The third kappa shape index (κ3) is 5.56. The molecule has 3 saturated heterocycles. The molecule has 0 bridgehead atoms. The second kappa shape index (κ2) is 12.3.